The average Bonchev–Trinajstić information content (AvgIpc) is 2.60. The van der Waals surface area contributed by atoms with Crippen LogP contribution < -0.4 is 5.32 Å². The number of alkyl halides is 1. The van der Waals surface area contributed by atoms with Crippen LogP contribution in [0.15, 0.2) is 12.3 Å². The van der Waals surface area contributed by atoms with Crippen molar-refractivity contribution in [3.63, 3.8) is 0 Å². The maximum Gasteiger partial charge on any atom is 0.269 e. The number of carbonyl (C=O) groups excluding carboxylic acids is 1. The number of halogens is 1. The molecule has 1 aromatic rings. The van der Waals surface area contributed by atoms with Gasteiger partial charge in [-0.05, 0) is 12.0 Å². The highest BCUT2D eigenvalue weighted by molar-refractivity contribution is 14.1. The third-order valence-electron chi connectivity index (χ3n) is 2.34. The number of amides is 1. The molecule has 0 aliphatic heterocycles. The molecule has 1 atom stereocenters. The fourth-order valence-electron chi connectivity index (χ4n) is 1.22. The van der Waals surface area contributed by atoms with Crippen LogP contribution in [0.5, 0.6) is 0 Å². The average molecular weight is 321 g/mol. The smallest absolute Gasteiger partial charge is 0.269 e. The molecule has 0 aliphatic carbocycles. The summed E-state index contributed by atoms with van der Waals surface area (Å²) in [4.78, 5) is 11.8. The molecule has 0 radical (unpaired) electrons. The first-order valence-corrected chi connectivity index (χ1v) is 6.43. The molecule has 0 saturated heterocycles. The zero-order valence-corrected chi connectivity index (χ0v) is 11.4. The molecule has 1 N–H and O–H groups in total. The predicted octanol–water partition coefficient (Wildman–Crippen LogP) is 1.61. The molecule has 0 saturated carbocycles. The Hall–Kier alpha value is -0.590. The van der Waals surface area contributed by atoms with Crippen molar-refractivity contribution in [2.75, 3.05) is 4.43 Å². The van der Waals surface area contributed by atoms with Gasteiger partial charge in [0.2, 0.25) is 0 Å². The van der Waals surface area contributed by atoms with Crippen molar-refractivity contribution in [3.8, 4) is 0 Å². The number of carbonyl (C=O) groups is 1. The second kappa shape index (κ2) is 5.48. The van der Waals surface area contributed by atoms with E-state index < -0.39 is 0 Å². The number of hydrogen-bond donors (Lipinski definition) is 1. The van der Waals surface area contributed by atoms with E-state index in [0.717, 1.165) is 4.43 Å². The van der Waals surface area contributed by atoms with Crippen molar-refractivity contribution in [2.24, 2.45) is 13.0 Å². The van der Waals surface area contributed by atoms with Gasteiger partial charge in [-0.15, -0.1) is 0 Å². The van der Waals surface area contributed by atoms with E-state index in [1.165, 1.54) is 0 Å². The molecule has 15 heavy (non-hydrogen) atoms. The molecule has 1 heterocycles. The first-order chi connectivity index (χ1) is 7.06. The monoisotopic (exact) mass is 321 g/mol. The van der Waals surface area contributed by atoms with Crippen LogP contribution in [0, 0.1) is 5.92 Å². The van der Waals surface area contributed by atoms with E-state index in [1.54, 1.807) is 24.0 Å². The van der Waals surface area contributed by atoms with Crippen LogP contribution in [0.25, 0.3) is 0 Å². The quantitative estimate of drug-likeness (QED) is 0.676. The summed E-state index contributed by atoms with van der Waals surface area (Å²) in [5.41, 5.74) is 0.602. The summed E-state index contributed by atoms with van der Waals surface area (Å²) < 4.78 is 2.50. The van der Waals surface area contributed by atoms with Crippen molar-refractivity contribution in [1.29, 1.82) is 0 Å². The summed E-state index contributed by atoms with van der Waals surface area (Å²) >= 11 is 2.29. The van der Waals surface area contributed by atoms with Gasteiger partial charge >= 0.3 is 0 Å². The van der Waals surface area contributed by atoms with Crippen LogP contribution in [-0.2, 0) is 7.05 Å². The molecule has 0 aromatic carbocycles. The molecule has 5 heteroatoms. The maximum atomic E-state index is 11.8. The van der Waals surface area contributed by atoms with Gasteiger partial charge in [-0.3, -0.25) is 9.48 Å². The predicted molar refractivity (Wildman–Crippen MR) is 68.2 cm³/mol. The first kappa shape index (κ1) is 12.5. The highest BCUT2D eigenvalue weighted by atomic mass is 127. The molecule has 1 unspecified atom stereocenters. The Bertz CT molecular complexity index is 335. The molecular weight excluding hydrogens is 305 g/mol. The number of nitrogens with one attached hydrogen (secondary N) is 1. The second-order valence-corrected chi connectivity index (χ2v) is 4.70. The van der Waals surface area contributed by atoms with E-state index in [4.69, 9.17) is 0 Å². The normalized spacial score (nSPS) is 12.9. The van der Waals surface area contributed by atoms with E-state index in [0.29, 0.717) is 11.6 Å². The molecule has 84 valence electrons. The van der Waals surface area contributed by atoms with Crippen molar-refractivity contribution >= 4 is 28.5 Å². The molecule has 0 aliphatic rings. The van der Waals surface area contributed by atoms with Gasteiger partial charge in [0.1, 0.15) is 5.69 Å². The Labute approximate surface area is 104 Å². The third-order valence-corrected chi connectivity index (χ3v) is 3.29. The molecular formula is C10H16IN3O. The molecule has 1 aromatic heterocycles. The number of nitrogens with zero attached hydrogens (tertiary/aromatic N) is 2. The third kappa shape index (κ3) is 3.19. The van der Waals surface area contributed by atoms with Crippen molar-refractivity contribution in [3.05, 3.63) is 18.0 Å². The maximum absolute atomic E-state index is 11.8. The Morgan fingerprint density at radius 1 is 1.67 bits per heavy atom. The van der Waals surface area contributed by atoms with Gasteiger partial charge in [0.15, 0.2) is 0 Å². The summed E-state index contributed by atoms with van der Waals surface area (Å²) in [6.45, 7) is 4.21. The minimum Gasteiger partial charge on any atom is -0.347 e. The Morgan fingerprint density at radius 3 is 2.73 bits per heavy atom. The summed E-state index contributed by atoms with van der Waals surface area (Å²) in [5, 5.41) is 6.97. The zero-order valence-electron chi connectivity index (χ0n) is 9.20. The highest BCUT2D eigenvalue weighted by Gasteiger charge is 2.17. The number of rotatable bonds is 4. The largest absolute Gasteiger partial charge is 0.347 e. The van der Waals surface area contributed by atoms with Gasteiger partial charge in [-0.1, -0.05) is 36.4 Å². The first-order valence-electron chi connectivity index (χ1n) is 4.91. The van der Waals surface area contributed by atoms with Crippen LogP contribution in [-0.4, -0.2) is 26.2 Å². The van der Waals surface area contributed by atoms with Crippen LogP contribution in [0.3, 0.4) is 0 Å². The molecule has 0 fully saturated rings. The van der Waals surface area contributed by atoms with E-state index in [-0.39, 0.29) is 11.9 Å². The Morgan fingerprint density at radius 2 is 2.33 bits per heavy atom. The Balaban J connectivity index is 2.67. The summed E-state index contributed by atoms with van der Waals surface area (Å²) in [7, 11) is 1.77. The van der Waals surface area contributed by atoms with Crippen LogP contribution in [0.1, 0.15) is 24.3 Å². The van der Waals surface area contributed by atoms with Crippen molar-refractivity contribution in [1.82, 2.24) is 15.1 Å². The van der Waals surface area contributed by atoms with Crippen molar-refractivity contribution < 1.29 is 4.79 Å². The lowest BCUT2D eigenvalue weighted by atomic mass is 10.1. The molecule has 4 nitrogen and oxygen atoms in total. The molecule has 1 amide bonds. The van der Waals surface area contributed by atoms with E-state index in [9.17, 15) is 4.79 Å². The Kier molecular flexibility index (Phi) is 4.56. The number of aryl methyl sites for hydroxylation is 1. The standard InChI is InChI=1S/C10H16IN3O/c1-7(2)8(6-11)13-10(15)9-4-5-12-14(9)3/h4-5,7-8H,6H2,1-3H3,(H,13,15). The molecule has 1 rings (SSSR count). The number of hydrogen-bond acceptors (Lipinski definition) is 2. The van der Waals surface area contributed by atoms with Crippen LogP contribution in [0.2, 0.25) is 0 Å². The minimum atomic E-state index is -0.0506. The van der Waals surface area contributed by atoms with Crippen molar-refractivity contribution in [2.45, 2.75) is 19.9 Å². The lowest BCUT2D eigenvalue weighted by Crippen LogP contribution is -2.40. The second-order valence-electron chi connectivity index (χ2n) is 3.82. The van der Waals surface area contributed by atoms with E-state index >= 15 is 0 Å². The highest BCUT2D eigenvalue weighted by Crippen LogP contribution is 2.06. The van der Waals surface area contributed by atoms with Gasteiger partial charge in [-0.25, -0.2) is 0 Å². The lowest BCUT2D eigenvalue weighted by Gasteiger charge is -2.19. The van der Waals surface area contributed by atoms with Crippen LogP contribution in [0.4, 0.5) is 0 Å². The zero-order chi connectivity index (χ0) is 11.4. The lowest BCUT2D eigenvalue weighted by molar-refractivity contribution is 0.0922. The fourth-order valence-corrected chi connectivity index (χ4v) is 2.46. The topological polar surface area (TPSA) is 46.9 Å². The van der Waals surface area contributed by atoms with Crippen LogP contribution >= 0.6 is 22.6 Å². The number of aromatic nitrogens is 2. The molecule has 0 spiro atoms. The van der Waals surface area contributed by atoms with Gasteiger partial charge in [0.05, 0.1) is 0 Å². The van der Waals surface area contributed by atoms with Gasteiger partial charge in [-0.2, -0.15) is 5.10 Å². The molecule has 0 bridgehead atoms. The van der Waals surface area contributed by atoms with Gasteiger partial charge in [0.25, 0.3) is 5.91 Å². The SMILES string of the molecule is CC(C)C(CI)NC(=O)c1ccnn1C. The summed E-state index contributed by atoms with van der Waals surface area (Å²) in [6, 6.07) is 1.94. The fraction of sp³-hybridized carbons (Fsp3) is 0.600. The van der Waals surface area contributed by atoms with Gasteiger partial charge in [0, 0.05) is 23.7 Å². The summed E-state index contributed by atoms with van der Waals surface area (Å²) in [6.07, 6.45) is 1.63. The minimum absolute atomic E-state index is 0.0506. The summed E-state index contributed by atoms with van der Waals surface area (Å²) in [5.74, 6) is 0.393. The van der Waals surface area contributed by atoms with E-state index in [2.05, 4.69) is 46.9 Å². The van der Waals surface area contributed by atoms with E-state index in [1.807, 2.05) is 0 Å². The van der Waals surface area contributed by atoms with Gasteiger partial charge < -0.3 is 5.32 Å².